The molecule has 1 N–H and O–H groups in total. The summed E-state index contributed by atoms with van der Waals surface area (Å²) in [5.41, 5.74) is 1.63. The minimum absolute atomic E-state index is 0.162. The molecule has 0 aliphatic carbocycles. The number of rotatable bonds is 5. The van der Waals surface area contributed by atoms with E-state index in [-0.39, 0.29) is 12.1 Å². The number of amides is 2. The molecule has 2 aromatic heterocycles. The summed E-state index contributed by atoms with van der Waals surface area (Å²) >= 11 is 0. The van der Waals surface area contributed by atoms with Gasteiger partial charge in [-0.25, -0.2) is 4.79 Å². The third-order valence-corrected chi connectivity index (χ3v) is 4.92. The van der Waals surface area contributed by atoms with E-state index in [1.807, 2.05) is 30.3 Å². The number of likely N-dealkylation sites (tertiary alicyclic amines) is 1. The van der Waals surface area contributed by atoms with Crippen LogP contribution < -0.4 is 5.32 Å². The molecule has 1 atom stereocenters. The molecule has 8 heteroatoms. The van der Waals surface area contributed by atoms with Crippen molar-refractivity contribution in [2.24, 2.45) is 0 Å². The maximum Gasteiger partial charge on any atom is 0.322 e. The lowest BCUT2D eigenvalue weighted by Crippen LogP contribution is -2.41. The molecule has 1 fully saturated rings. The number of fused-ring (bicyclic) bond motifs is 1. The Hall–Kier alpha value is -3.00. The average molecular weight is 381 g/mol. The van der Waals surface area contributed by atoms with E-state index in [1.54, 1.807) is 18.2 Å². The zero-order valence-corrected chi connectivity index (χ0v) is 15.8. The number of ether oxygens (including phenoxy) is 1. The van der Waals surface area contributed by atoms with Crippen molar-refractivity contribution >= 4 is 22.6 Å². The highest BCUT2D eigenvalue weighted by atomic mass is 16.5. The predicted molar refractivity (Wildman–Crippen MR) is 104 cm³/mol. The van der Waals surface area contributed by atoms with Gasteiger partial charge in [-0.2, -0.15) is 4.98 Å². The topological polar surface area (TPSA) is 93.4 Å². The van der Waals surface area contributed by atoms with Crippen LogP contribution in [-0.4, -0.2) is 46.3 Å². The summed E-state index contributed by atoms with van der Waals surface area (Å²) in [5, 5.41) is 7.99. The van der Waals surface area contributed by atoms with Gasteiger partial charge in [-0.05, 0) is 43.5 Å². The maximum atomic E-state index is 13.0. The summed E-state index contributed by atoms with van der Waals surface area (Å²) in [6, 6.07) is 9.17. The molecule has 0 bridgehead atoms. The number of carbonyl (C=O) groups excluding carboxylic acids is 1. The van der Waals surface area contributed by atoms with Crippen LogP contribution >= 0.6 is 0 Å². The van der Waals surface area contributed by atoms with Crippen molar-refractivity contribution in [1.82, 2.24) is 20.0 Å². The van der Waals surface area contributed by atoms with Crippen LogP contribution in [-0.2, 0) is 11.2 Å². The van der Waals surface area contributed by atoms with Crippen LogP contribution in [0.25, 0.3) is 10.9 Å². The number of piperidine rings is 1. The number of benzene rings is 1. The Morgan fingerprint density at radius 1 is 1.36 bits per heavy atom. The summed E-state index contributed by atoms with van der Waals surface area (Å²) in [7, 11) is 1.64. The number of pyridine rings is 1. The molecule has 3 heterocycles. The molecular formula is C20H23N5O3. The largest absolute Gasteiger partial charge is 0.384 e. The number of nitrogens with zero attached hydrogens (tertiary/aromatic N) is 4. The predicted octanol–water partition coefficient (Wildman–Crippen LogP) is 3.57. The Morgan fingerprint density at radius 3 is 3.18 bits per heavy atom. The quantitative estimate of drug-likeness (QED) is 0.726. The molecule has 1 saturated heterocycles. The molecule has 0 radical (unpaired) electrons. The third kappa shape index (κ3) is 3.96. The fraction of sp³-hybridized carbons (Fsp3) is 0.400. The molecule has 1 aliphatic rings. The molecule has 146 valence electrons. The van der Waals surface area contributed by atoms with Crippen LogP contribution in [0.2, 0.25) is 0 Å². The van der Waals surface area contributed by atoms with Gasteiger partial charge in [0, 0.05) is 37.3 Å². The second-order valence-electron chi connectivity index (χ2n) is 6.84. The molecule has 4 rings (SSSR count). The monoisotopic (exact) mass is 381 g/mol. The van der Waals surface area contributed by atoms with Crippen molar-refractivity contribution in [3.8, 4) is 0 Å². The highest BCUT2D eigenvalue weighted by Crippen LogP contribution is 2.30. The number of hydrogen-bond acceptors (Lipinski definition) is 6. The molecule has 1 aromatic carbocycles. The number of aromatic nitrogens is 3. The lowest BCUT2D eigenvalue weighted by atomic mass is 10.0. The van der Waals surface area contributed by atoms with Crippen LogP contribution in [0, 0.1) is 0 Å². The summed E-state index contributed by atoms with van der Waals surface area (Å²) in [4.78, 5) is 23.5. The van der Waals surface area contributed by atoms with E-state index < -0.39 is 0 Å². The summed E-state index contributed by atoms with van der Waals surface area (Å²) in [6.45, 7) is 1.19. The van der Waals surface area contributed by atoms with Gasteiger partial charge < -0.3 is 19.5 Å². The standard InChI is InChI=1S/C20H23N5O3/c1-27-12-9-18-23-19(28-24-18)17-6-2-3-11-25(17)20(26)22-15-7-8-16-14(13-15)5-4-10-21-16/h4-5,7-8,10,13,17H,2-3,6,9,11-12H2,1H3,(H,22,26). The first kappa shape index (κ1) is 18.4. The van der Waals surface area contributed by atoms with Crippen LogP contribution in [0.5, 0.6) is 0 Å². The Morgan fingerprint density at radius 2 is 2.29 bits per heavy atom. The van der Waals surface area contributed by atoms with Crippen LogP contribution in [0.3, 0.4) is 0 Å². The molecular weight excluding hydrogens is 358 g/mol. The first-order valence-electron chi connectivity index (χ1n) is 9.48. The van der Waals surface area contributed by atoms with Crippen LogP contribution in [0.1, 0.15) is 37.0 Å². The van der Waals surface area contributed by atoms with Gasteiger partial charge >= 0.3 is 6.03 Å². The van der Waals surface area contributed by atoms with Gasteiger partial charge in [0.2, 0.25) is 5.89 Å². The second kappa shape index (κ2) is 8.35. The number of nitrogens with one attached hydrogen (secondary N) is 1. The zero-order valence-electron chi connectivity index (χ0n) is 15.8. The van der Waals surface area contributed by atoms with Crippen LogP contribution in [0.15, 0.2) is 41.1 Å². The smallest absolute Gasteiger partial charge is 0.322 e. The number of anilines is 1. The third-order valence-electron chi connectivity index (χ3n) is 4.92. The van der Waals surface area contributed by atoms with Gasteiger partial charge in [0.1, 0.15) is 6.04 Å². The molecule has 28 heavy (non-hydrogen) atoms. The fourth-order valence-corrected chi connectivity index (χ4v) is 3.48. The second-order valence-corrected chi connectivity index (χ2v) is 6.84. The van der Waals surface area contributed by atoms with E-state index in [2.05, 4.69) is 20.4 Å². The molecule has 2 amide bonds. The minimum Gasteiger partial charge on any atom is -0.384 e. The maximum absolute atomic E-state index is 13.0. The fourth-order valence-electron chi connectivity index (χ4n) is 3.48. The van der Waals surface area contributed by atoms with E-state index in [9.17, 15) is 4.79 Å². The number of methoxy groups -OCH3 is 1. The lowest BCUT2D eigenvalue weighted by Gasteiger charge is -2.33. The zero-order chi connectivity index (χ0) is 19.3. The van der Waals surface area contributed by atoms with E-state index >= 15 is 0 Å². The van der Waals surface area contributed by atoms with Crippen molar-refractivity contribution in [2.75, 3.05) is 25.6 Å². The highest BCUT2D eigenvalue weighted by Gasteiger charge is 2.32. The summed E-state index contributed by atoms with van der Waals surface area (Å²) in [5.74, 6) is 1.09. The van der Waals surface area contributed by atoms with E-state index in [4.69, 9.17) is 9.26 Å². The number of hydrogen-bond donors (Lipinski definition) is 1. The Labute approximate surface area is 162 Å². The minimum atomic E-state index is -0.209. The molecule has 1 unspecified atom stereocenters. The first-order chi connectivity index (χ1) is 13.7. The number of carbonyl (C=O) groups is 1. The summed E-state index contributed by atoms with van der Waals surface area (Å²) < 4.78 is 10.5. The van der Waals surface area contributed by atoms with Crippen molar-refractivity contribution in [3.05, 3.63) is 48.2 Å². The van der Waals surface area contributed by atoms with Gasteiger partial charge in [-0.1, -0.05) is 11.2 Å². The van der Waals surface area contributed by atoms with E-state index in [0.717, 1.165) is 35.9 Å². The van der Waals surface area contributed by atoms with Crippen molar-refractivity contribution in [2.45, 2.75) is 31.7 Å². The average Bonchev–Trinajstić information content (AvgIpc) is 3.21. The van der Waals surface area contributed by atoms with E-state index in [0.29, 0.717) is 31.3 Å². The van der Waals surface area contributed by atoms with Gasteiger partial charge in [-0.3, -0.25) is 4.98 Å². The highest BCUT2D eigenvalue weighted by molar-refractivity contribution is 5.92. The molecule has 3 aromatic rings. The Balaban J connectivity index is 1.49. The van der Waals surface area contributed by atoms with Crippen molar-refractivity contribution in [3.63, 3.8) is 0 Å². The summed E-state index contributed by atoms with van der Waals surface area (Å²) in [6.07, 6.45) is 5.12. The lowest BCUT2D eigenvalue weighted by molar-refractivity contribution is 0.142. The Kier molecular flexibility index (Phi) is 5.48. The van der Waals surface area contributed by atoms with Gasteiger partial charge in [0.15, 0.2) is 5.82 Å². The molecule has 0 spiro atoms. The Bertz CT molecular complexity index is 958. The van der Waals surface area contributed by atoms with Gasteiger partial charge in [0.05, 0.1) is 12.1 Å². The first-order valence-corrected chi connectivity index (χ1v) is 9.48. The molecule has 8 nitrogen and oxygen atoms in total. The van der Waals surface area contributed by atoms with Gasteiger partial charge in [-0.15, -0.1) is 0 Å². The van der Waals surface area contributed by atoms with Crippen LogP contribution in [0.4, 0.5) is 10.5 Å². The van der Waals surface area contributed by atoms with E-state index in [1.165, 1.54) is 0 Å². The van der Waals surface area contributed by atoms with Gasteiger partial charge in [0.25, 0.3) is 0 Å². The number of urea groups is 1. The SMILES string of the molecule is COCCc1noc(C2CCCCN2C(=O)Nc2ccc3ncccc3c2)n1. The van der Waals surface area contributed by atoms with Crippen molar-refractivity contribution < 1.29 is 14.1 Å². The molecule has 0 saturated carbocycles. The van der Waals surface area contributed by atoms with Crippen molar-refractivity contribution in [1.29, 1.82) is 0 Å². The normalized spacial score (nSPS) is 17.0. The molecule has 1 aliphatic heterocycles.